The summed E-state index contributed by atoms with van der Waals surface area (Å²) in [5.41, 5.74) is 1.17. The molecule has 2 aromatic rings. The molecule has 0 bridgehead atoms. The van der Waals surface area contributed by atoms with Crippen molar-refractivity contribution in [2.45, 2.75) is 24.9 Å². The van der Waals surface area contributed by atoms with Crippen molar-refractivity contribution in [3.8, 4) is 11.8 Å². The average molecular weight is 418 g/mol. The van der Waals surface area contributed by atoms with Gasteiger partial charge in [-0.05, 0) is 47.2 Å². The fraction of sp³-hybridized carbons (Fsp3) is 0.267. The minimum Gasteiger partial charge on any atom is -0.382 e. The number of fused-ring (bicyclic) bond motifs is 1. The van der Waals surface area contributed by atoms with Gasteiger partial charge in [0, 0.05) is 33.1 Å². The number of benzene rings is 1. The summed E-state index contributed by atoms with van der Waals surface area (Å²) in [6.07, 6.45) is -0.584. The Kier molecular flexibility index (Phi) is 3.69. The van der Waals surface area contributed by atoms with Gasteiger partial charge in [0.15, 0.2) is 0 Å². The summed E-state index contributed by atoms with van der Waals surface area (Å²) in [5.74, 6) is -3.78. The van der Waals surface area contributed by atoms with Crippen LogP contribution in [0.1, 0.15) is 29.3 Å². The minimum atomic E-state index is -3.15. The molecule has 1 unspecified atom stereocenters. The molecular weight excluding hydrogens is 408 g/mol. The van der Waals surface area contributed by atoms with E-state index in [4.69, 9.17) is 5.26 Å². The number of aliphatic hydroxyl groups is 1. The van der Waals surface area contributed by atoms with E-state index in [2.05, 4.69) is 0 Å². The zero-order chi connectivity index (χ0) is 16.1. The van der Waals surface area contributed by atoms with E-state index in [-0.39, 0.29) is 17.5 Å². The molecule has 1 aliphatic carbocycles. The van der Waals surface area contributed by atoms with E-state index < -0.39 is 24.3 Å². The first kappa shape index (κ1) is 15.4. The summed E-state index contributed by atoms with van der Waals surface area (Å²) in [5, 5.41) is 18.8. The smallest absolute Gasteiger partial charge is 0.278 e. The molecule has 1 N–H and O–H groups in total. The molecular formula is C15H10F3IN2O. The third-order valence-corrected chi connectivity index (χ3v) is 4.68. The van der Waals surface area contributed by atoms with Crippen molar-refractivity contribution in [2.24, 2.45) is 0 Å². The molecule has 1 aliphatic rings. The van der Waals surface area contributed by atoms with Gasteiger partial charge in [-0.15, -0.1) is 0 Å². The molecule has 1 aromatic heterocycles. The third kappa shape index (κ3) is 2.30. The number of halogens is 4. The molecule has 22 heavy (non-hydrogen) atoms. The lowest BCUT2D eigenvalue weighted by molar-refractivity contribution is -0.122. The van der Waals surface area contributed by atoms with Gasteiger partial charge < -0.3 is 9.67 Å². The summed E-state index contributed by atoms with van der Waals surface area (Å²) in [6.45, 7) is 0. The Hall–Kier alpha value is -1.53. The minimum absolute atomic E-state index is 0.0989. The highest BCUT2D eigenvalue weighted by Crippen LogP contribution is 2.44. The Labute approximate surface area is 138 Å². The highest BCUT2D eigenvalue weighted by Gasteiger charge is 2.45. The van der Waals surface area contributed by atoms with Crippen LogP contribution in [-0.2, 0) is 6.42 Å². The van der Waals surface area contributed by atoms with E-state index in [1.54, 1.807) is 16.8 Å². The third-order valence-electron chi connectivity index (χ3n) is 3.82. The van der Waals surface area contributed by atoms with Gasteiger partial charge in [0.2, 0.25) is 0 Å². The fourth-order valence-corrected chi connectivity index (χ4v) is 3.57. The standard InChI is InChI=1S/C15H10F3IN2O/c16-10-2-1-9(5-8(10)6-20)21-7-11(19)13-12(21)3-4-15(17,18)14(13)22/h1-2,5,7,14,22H,3-4H2. The Balaban J connectivity index is 2.16. The van der Waals surface area contributed by atoms with Gasteiger partial charge >= 0.3 is 0 Å². The summed E-state index contributed by atoms with van der Waals surface area (Å²) in [6, 6.07) is 5.77. The number of hydrogen-bond donors (Lipinski definition) is 1. The van der Waals surface area contributed by atoms with Crippen LogP contribution in [0, 0.1) is 20.7 Å². The van der Waals surface area contributed by atoms with Gasteiger partial charge in [-0.1, -0.05) is 0 Å². The maximum absolute atomic E-state index is 13.7. The lowest BCUT2D eigenvalue weighted by Crippen LogP contribution is -2.32. The molecule has 0 radical (unpaired) electrons. The first-order valence-corrected chi connectivity index (χ1v) is 7.58. The van der Waals surface area contributed by atoms with E-state index in [0.29, 0.717) is 15.0 Å². The predicted molar refractivity (Wildman–Crippen MR) is 81.4 cm³/mol. The zero-order valence-electron chi connectivity index (χ0n) is 11.2. The van der Waals surface area contributed by atoms with E-state index in [1.807, 2.05) is 22.6 Å². The molecule has 0 saturated carbocycles. The SMILES string of the molecule is N#Cc1cc(-n2cc(I)c3c2CCC(F)(F)C3O)ccc1F. The topological polar surface area (TPSA) is 49.0 Å². The highest BCUT2D eigenvalue weighted by molar-refractivity contribution is 14.1. The largest absolute Gasteiger partial charge is 0.382 e. The second kappa shape index (κ2) is 5.28. The lowest BCUT2D eigenvalue weighted by atomic mass is 9.91. The van der Waals surface area contributed by atoms with Gasteiger partial charge in [-0.25, -0.2) is 13.2 Å². The Morgan fingerprint density at radius 1 is 1.41 bits per heavy atom. The second-order valence-electron chi connectivity index (χ2n) is 5.15. The van der Waals surface area contributed by atoms with Crippen LogP contribution >= 0.6 is 22.6 Å². The van der Waals surface area contributed by atoms with Gasteiger partial charge in [0.25, 0.3) is 5.92 Å². The molecule has 3 rings (SSSR count). The predicted octanol–water partition coefficient (Wildman–Crippen LogP) is 3.71. The first-order valence-electron chi connectivity index (χ1n) is 6.50. The molecule has 7 heteroatoms. The van der Waals surface area contributed by atoms with Crippen LogP contribution in [0.2, 0.25) is 0 Å². The molecule has 3 nitrogen and oxygen atoms in total. The van der Waals surface area contributed by atoms with Crippen LogP contribution in [0.15, 0.2) is 24.4 Å². The van der Waals surface area contributed by atoms with Gasteiger partial charge in [-0.3, -0.25) is 0 Å². The van der Waals surface area contributed by atoms with Gasteiger partial charge in [-0.2, -0.15) is 5.26 Å². The number of rotatable bonds is 1. The van der Waals surface area contributed by atoms with Crippen LogP contribution in [-0.4, -0.2) is 15.6 Å². The van der Waals surface area contributed by atoms with Gasteiger partial charge in [0.1, 0.15) is 18.0 Å². The van der Waals surface area contributed by atoms with Crippen molar-refractivity contribution in [2.75, 3.05) is 0 Å². The average Bonchev–Trinajstić information content (AvgIpc) is 2.81. The van der Waals surface area contributed by atoms with Crippen molar-refractivity contribution < 1.29 is 18.3 Å². The maximum atomic E-state index is 13.7. The Morgan fingerprint density at radius 2 is 2.14 bits per heavy atom. The fourth-order valence-electron chi connectivity index (χ4n) is 2.68. The van der Waals surface area contributed by atoms with Crippen molar-refractivity contribution in [3.05, 3.63) is 50.6 Å². The number of hydrogen-bond acceptors (Lipinski definition) is 2. The monoisotopic (exact) mass is 418 g/mol. The van der Waals surface area contributed by atoms with Crippen molar-refractivity contribution in [1.29, 1.82) is 5.26 Å². The summed E-state index contributed by atoms with van der Waals surface area (Å²) in [4.78, 5) is 0. The number of nitrogens with zero attached hydrogens (tertiary/aromatic N) is 2. The van der Waals surface area contributed by atoms with Crippen molar-refractivity contribution in [1.82, 2.24) is 4.57 Å². The molecule has 0 fully saturated rings. The van der Waals surface area contributed by atoms with E-state index in [9.17, 15) is 18.3 Å². The quantitative estimate of drug-likeness (QED) is 0.719. The van der Waals surface area contributed by atoms with Crippen LogP contribution < -0.4 is 0 Å². The summed E-state index contributed by atoms with van der Waals surface area (Å²) < 4.78 is 42.9. The number of nitriles is 1. The number of aromatic nitrogens is 1. The molecule has 0 amide bonds. The lowest BCUT2D eigenvalue weighted by Gasteiger charge is -2.29. The maximum Gasteiger partial charge on any atom is 0.278 e. The molecule has 0 aliphatic heterocycles. The van der Waals surface area contributed by atoms with Crippen LogP contribution in [0.5, 0.6) is 0 Å². The molecule has 1 aromatic carbocycles. The van der Waals surface area contributed by atoms with Crippen LogP contribution in [0.3, 0.4) is 0 Å². The zero-order valence-corrected chi connectivity index (χ0v) is 13.3. The van der Waals surface area contributed by atoms with Crippen molar-refractivity contribution >= 4 is 22.6 Å². The second-order valence-corrected chi connectivity index (χ2v) is 6.31. The normalized spacial score (nSPS) is 19.5. The van der Waals surface area contributed by atoms with E-state index in [1.165, 1.54) is 18.2 Å². The molecule has 1 heterocycles. The molecule has 1 atom stereocenters. The first-order chi connectivity index (χ1) is 10.3. The van der Waals surface area contributed by atoms with Crippen LogP contribution in [0.25, 0.3) is 5.69 Å². The Morgan fingerprint density at radius 3 is 2.82 bits per heavy atom. The Bertz CT molecular complexity index is 795. The van der Waals surface area contributed by atoms with Crippen LogP contribution in [0.4, 0.5) is 13.2 Å². The number of aliphatic hydroxyl groups excluding tert-OH is 1. The van der Waals surface area contributed by atoms with E-state index >= 15 is 0 Å². The van der Waals surface area contributed by atoms with E-state index in [0.717, 1.165) is 0 Å². The molecule has 0 spiro atoms. The molecule has 0 saturated heterocycles. The van der Waals surface area contributed by atoms with Crippen molar-refractivity contribution in [3.63, 3.8) is 0 Å². The molecule has 114 valence electrons. The summed E-state index contributed by atoms with van der Waals surface area (Å²) in [7, 11) is 0. The summed E-state index contributed by atoms with van der Waals surface area (Å²) >= 11 is 1.89. The number of alkyl halides is 2. The van der Waals surface area contributed by atoms with Gasteiger partial charge in [0.05, 0.1) is 5.56 Å². The highest BCUT2D eigenvalue weighted by atomic mass is 127.